The summed E-state index contributed by atoms with van der Waals surface area (Å²) in [4.78, 5) is 2.11. The first kappa shape index (κ1) is 22.1. The summed E-state index contributed by atoms with van der Waals surface area (Å²) in [5, 5.41) is 3.90. The Labute approximate surface area is 178 Å². The maximum atomic E-state index is 12.9. The van der Waals surface area contributed by atoms with E-state index >= 15 is 0 Å². The molecule has 3 rings (SSSR count). The molecule has 0 amide bonds. The van der Waals surface area contributed by atoms with Crippen LogP contribution in [-0.2, 0) is 16.2 Å². The lowest BCUT2D eigenvalue weighted by molar-refractivity contribution is -0.137. The van der Waals surface area contributed by atoms with Gasteiger partial charge in [-0.2, -0.15) is 31.5 Å². The van der Waals surface area contributed by atoms with E-state index in [4.69, 9.17) is 0 Å². The van der Waals surface area contributed by atoms with Crippen molar-refractivity contribution in [1.82, 2.24) is 4.83 Å². The van der Waals surface area contributed by atoms with Crippen molar-refractivity contribution in [2.24, 2.45) is 5.10 Å². The zero-order valence-electron chi connectivity index (χ0n) is 16.3. The SMILES string of the molecule is Cc1ccc(S(=O)(=O)N/N=C(/C#Cc2ccccc2)c2ccc(C(F)(F)F)cc2)cc1. The number of aryl methyl sites for hydroxylation is 1. The molecule has 3 aromatic rings. The molecule has 1 N–H and O–H groups in total. The number of sulfonamides is 1. The maximum absolute atomic E-state index is 12.9. The van der Waals surface area contributed by atoms with E-state index in [1.54, 1.807) is 36.4 Å². The number of halogens is 3. The molecule has 4 nitrogen and oxygen atoms in total. The predicted molar refractivity (Wildman–Crippen MR) is 113 cm³/mol. The molecule has 0 bridgehead atoms. The summed E-state index contributed by atoms with van der Waals surface area (Å²) in [5.74, 6) is 5.57. The average molecular weight is 442 g/mol. The van der Waals surface area contributed by atoms with Gasteiger partial charge in [-0.15, -0.1) is 0 Å². The minimum atomic E-state index is -4.49. The maximum Gasteiger partial charge on any atom is 0.416 e. The lowest BCUT2D eigenvalue weighted by Crippen LogP contribution is -2.20. The quantitative estimate of drug-likeness (QED) is 0.360. The van der Waals surface area contributed by atoms with Gasteiger partial charge in [0.1, 0.15) is 5.71 Å². The van der Waals surface area contributed by atoms with E-state index < -0.39 is 21.8 Å². The molecule has 0 fully saturated rings. The molecule has 0 aliphatic heterocycles. The molecule has 0 aliphatic rings. The van der Waals surface area contributed by atoms with Crippen molar-refractivity contribution < 1.29 is 21.6 Å². The van der Waals surface area contributed by atoms with E-state index in [2.05, 4.69) is 21.8 Å². The number of hydrazone groups is 1. The van der Waals surface area contributed by atoms with Gasteiger partial charge in [0.15, 0.2) is 0 Å². The molecule has 0 radical (unpaired) electrons. The fourth-order valence-corrected chi connectivity index (χ4v) is 3.32. The molecule has 0 spiro atoms. The molecule has 31 heavy (non-hydrogen) atoms. The van der Waals surface area contributed by atoms with Gasteiger partial charge in [-0.1, -0.05) is 53.9 Å². The Kier molecular flexibility index (Phi) is 6.47. The summed E-state index contributed by atoms with van der Waals surface area (Å²) in [6, 6.07) is 19.2. The van der Waals surface area contributed by atoms with Crippen LogP contribution < -0.4 is 4.83 Å². The second-order valence-electron chi connectivity index (χ2n) is 6.56. The number of alkyl halides is 3. The highest BCUT2D eigenvalue weighted by Gasteiger charge is 2.30. The van der Waals surface area contributed by atoms with Gasteiger partial charge in [0, 0.05) is 11.1 Å². The van der Waals surface area contributed by atoms with Crippen LogP contribution in [0.4, 0.5) is 13.2 Å². The van der Waals surface area contributed by atoms with Gasteiger partial charge in [0.05, 0.1) is 10.5 Å². The molecule has 0 saturated carbocycles. The van der Waals surface area contributed by atoms with Gasteiger partial charge in [0.2, 0.25) is 0 Å². The summed E-state index contributed by atoms with van der Waals surface area (Å²) in [5.41, 5.74) is 0.924. The standard InChI is InChI=1S/C23H17F3N2O2S/c1-17-7-14-21(15-8-17)31(29,30)28-27-22(16-9-18-5-3-2-4-6-18)19-10-12-20(13-11-19)23(24,25)26/h2-8,10-15,28H,1H3/b27-22-. The van der Waals surface area contributed by atoms with Gasteiger partial charge in [-0.05, 0) is 49.2 Å². The number of nitrogens with one attached hydrogen (secondary N) is 1. The zero-order chi connectivity index (χ0) is 22.5. The fourth-order valence-electron chi connectivity index (χ4n) is 2.51. The van der Waals surface area contributed by atoms with Gasteiger partial charge in [-0.3, -0.25) is 0 Å². The summed E-state index contributed by atoms with van der Waals surface area (Å²) < 4.78 is 63.6. The van der Waals surface area contributed by atoms with Gasteiger partial charge < -0.3 is 0 Å². The molecular formula is C23H17F3N2O2S. The smallest absolute Gasteiger partial charge is 0.200 e. The predicted octanol–water partition coefficient (Wildman–Crippen LogP) is 4.75. The van der Waals surface area contributed by atoms with Crippen LogP contribution in [0.1, 0.15) is 22.3 Å². The first-order valence-electron chi connectivity index (χ1n) is 9.06. The van der Waals surface area contributed by atoms with E-state index in [-0.39, 0.29) is 16.2 Å². The highest BCUT2D eigenvalue weighted by molar-refractivity contribution is 7.89. The molecule has 0 aliphatic carbocycles. The topological polar surface area (TPSA) is 58.5 Å². The summed E-state index contributed by atoms with van der Waals surface area (Å²) >= 11 is 0. The summed E-state index contributed by atoms with van der Waals surface area (Å²) in [7, 11) is -3.98. The summed E-state index contributed by atoms with van der Waals surface area (Å²) in [6.07, 6.45) is -4.49. The van der Waals surface area contributed by atoms with Gasteiger partial charge >= 0.3 is 6.18 Å². The molecule has 0 unspecified atom stereocenters. The molecule has 0 aromatic heterocycles. The van der Waals surface area contributed by atoms with E-state index in [1.807, 2.05) is 13.0 Å². The number of nitrogens with zero attached hydrogens (tertiary/aromatic N) is 1. The Morgan fingerprint density at radius 1 is 0.903 bits per heavy atom. The van der Waals surface area contributed by atoms with Crippen LogP contribution in [0.25, 0.3) is 0 Å². The highest BCUT2D eigenvalue weighted by atomic mass is 32.2. The first-order valence-corrected chi connectivity index (χ1v) is 10.5. The fraction of sp³-hybridized carbons (Fsp3) is 0.0870. The van der Waals surface area contributed by atoms with Crippen molar-refractivity contribution in [3.8, 4) is 11.8 Å². The van der Waals surface area contributed by atoms with Crippen molar-refractivity contribution in [1.29, 1.82) is 0 Å². The van der Waals surface area contributed by atoms with Crippen molar-refractivity contribution in [3.05, 3.63) is 101 Å². The van der Waals surface area contributed by atoms with E-state index in [0.717, 1.165) is 17.7 Å². The molecule has 0 heterocycles. The zero-order valence-corrected chi connectivity index (χ0v) is 17.1. The third-order valence-electron chi connectivity index (χ3n) is 4.19. The van der Waals surface area contributed by atoms with Crippen LogP contribution in [-0.4, -0.2) is 14.1 Å². The van der Waals surface area contributed by atoms with Crippen LogP contribution in [0.5, 0.6) is 0 Å². The number of rotatable bonds is 4. The second-order valence-corrected chi connectivity index (χ2v) is 8.22. The minimum Gasteiger partial charge on any atom is -0.200 e. The lowest BCUT2D eigenvalue weighted by Gasteiger charge is -2.08. The average Bonchev–Trinajstić information content (AvgIpc) is 2.74. The van der Waals surface area contributed by atoms with Crippen molar-refractivity contribution in [3.63, 3.8) is 0 Å². The Morgan fingerprint density at radius 3 is 2.10 bits per heavy atom. The number of benzene rings is 3. The van der Waals surface area contributed by atoms with E-state index in [1.165, 1.54) is 24.3 Å². The Balaban J connectivity index is 1.97. The normalized spacial score (nSPS) is 12.1. The van der Waals surface area contributed by atoms with Crippen LogP contribution in [0.2, 0.25) is 0 Å². The lowest BCUT2D eigenvalue weighted by atomic mass is 10.1. The van der Waals surface area contributed by atoms with Crippen LogP contribution >= 0.6 is 0 Å². The van der Waals surface area contributed by atoms with Crippen molar-refractivity contribution in [2.75, 3.05) is 0 Å². The van der Waals surface area contributed by atoms with Crippen molar-refractivity contribution >= 4 is 15.7 Å². The van der Waals surface area contributed by atoms with Crippen LogP contribution in [0, 0.1) is 18.8 Å². The molecule has 3 aromatic carbocycles. The second kappa shape index (κ2) is 9.06. The molecule has 158 valence electrons. The van der Waals surface area contributed by atoms with Gasteiger partial charge in [0.25, 0.3) is 10.0 Å². The van der Waals surface area contributed by atoms with E-state index in [9.17, 15) is 21.6 Å². The summed E-state index contributed by atoms with van der Waals surface area (Å²) in [6.45, 7) is 1.82. The molecular weight excluding hydrogens is 425 g/mol. The van der Waals surface area contributed by atoms with Gasteiger partial charge in [-0.25, -0.2) is 0 Å². The third kappa shape index (κ3) is 5.96. The third-order valence-corrected chi connectivity index (χ3v) is 5.42. The highest BCUT2D eigenvalue weighted by Crippen LogP contribution is 2.29. The van der Waals surface area contributed by atoms with Crippen molar-refractivity contribution in [2.45, 2.75) is 18.0 Å². The first-order chi connectivity index (χ1) is 14.6. The van der Waals surface area contributed by atoms with E-state index in [0.29, 0.717) is 5.56 Å². The molecule has 0 saturated heterocycles. The largest absolute Gasteiger partial charge is 0.416 e. The monoisotopic (exact) mass is 442 g/mol. The number of hydrogen-bond acceptors (Lipinski definition) is 3. The Bertz CT molecular complexity index is 1240. The Hall–Kier alpha value is -3.57. The molecule has 0 atom stereocenters. The molecule has 8 heteroatoms. The minimum absolute atomic E-state index is 0.00429. The number of hydrogen-bond donors (Lipinski definition) is 1. The van der Waals surface area contributed by atoms with Crippen LogP contribution in [0.3, 0.4) is 0 Å². The Morgan fingerprint density at radius 2 is 1.52 bits per heavy atom. The van der Waals surface area contributed by atoms with Crippen LogP contribution in [0.15, 0.2) is 88.9 Å².